The van der Waals surface area contributed by atoms with E-state index in [9.17, 15) is 18.5 Å². The Labute approximate surface area is 140 Å². The van der Waals surface area contributed by atoms with E-state index in [1.165, 1.54) is 18.2 Å². The first-order valence-corrected chi connectivity index (χ1v) is 8.72. The number of rotatable bonds is 7. The summed E-state index contributed by atoms with van der Waals surface area (Å²) in [5.74, 6) is 0.467. The summed E-state index contributed by atoms with van der Waals surface area (Å²) in [5, 5.41) is 13.6. The van der Waals surface area contributed by atoms with Gasteiger partial charge in [0.25, 0.3) is 5.69 Å². The molecule has 0 fully saturated rings. The molecule has 2 N–H and O–H groups in total. The maximum absolute atomic E-state index is 12.2. The van der Waals surface area contributed by atoms with Crippen LogP contribution in [0.5, 0.6) is 0 Å². The number of pyridine rings is 1. The molecule has 0 saturated carbocycles. The number of nitro groups is 1. The third-order valence-electron chi connectivity index (χ3n) is 3.03. The van der Waals surface area contributed by atoms with Crippen LogP contribution in [0.1, 0.15) is 19.4 Å². The molecule has 0 amide bonds. The Morgan fingerprint density at radius 3 is 2.58 bits per heavy atom. The molecule has 2 aromatic rings. The predicted octanol–water partition coefficient (Wildman–Crippen LogP) is 2.29. The molecule has 0 unspecified atom stereocenters. The molecular formula is C15H18N4O4S. The molecule has 0 bridgehead atoms. The molecule has 8 nitrogen and oxygen atoms in total. The van der Waals surface area contributed by atoms with Crippen molar-refractivity contribution in [3.8, 4) is 0 Å². The number of hydrogen-bond donors (Lipinski definition) is 2. The minimum absolute atomic E-state index is 0.0894. The van der Waals surface area contributed by atoms with Crippen LogP contribution in [-0.2, 0) is 16.6 Å². The van der Waals surface area contributed by atoms with E-state index in [4.69, 9.17) is 0 Å². The lowest BCUT2D eigenvalue weighted by atomic mass is 10.2. The lowest BCUT2D eigenvalue weighted by molar-refractivity contribution is -0.385. The summed E-state index contributed by atoms with van der Waals surface area (Å²) in [4.78, 5) is 14.2. The smallest absolute Gasteiger partial charge is 0.287 e. The maximum Gasteiger partial charge on any atom is 0.287 e. The highest BCUT2D eigenvalue weighted by Gasteiger charge is 2.15. The van der Waals surface area contributed by atoms with Gasteiger partial charge in [-0.3, -0.25) is 10.1 Å². The predicted molar refractivity (Wildman–Crippen MR) is 90.1 cm³/mol. The van der Waals surface area contributed by atoms with Gasteiger partial charge in [-0.15, -0.1) is 0 Å². The number of benzene rings is 1. The van der Waals surface area contributed by atoms with Crippen LogP contribution < -0.4 is 10.0 Å². The highest BCUT2D eigenvalue weighted by molar-refractivity contribution is 7.89. The first-order chi connectivity index (χ1) is 11.3. The van der Waals surface area contributed by atoms with E-state index in [2.05, 4.69) is 15.0 Å². The second kappa shape index (κ2) is 7.37. The molecular weight excluding hydrogens is 332 g/mol. The summed E-state index contributed by atoms with van der Waals surface area (Å²) in [6.07, 6.45) is 1.16. The topological polar surface area (TPSA) is 114 Å². The number of anilines is 1. The fourth-order valence-corrected chi connectivity index (χ4v) is 3.31. The van der Waals surface area contributed by atoms with Crippen LogP contribution in [0.4, 0.5) is 11.5 Å². The lowest BCUT2D eigenvalue weighted by Gasteiger charge is -2.11. The van der Waals surface area contributed by atoms with Crippen molar-refractivity contribution in [2.45, 2.75) is 31.3 Å². The van der Waals surface area contributed by atoms with Gasteiger partial charge in [0.15, 0.2) is 0 Å². The normalized spacial score (nSPS) is 11.5. The second-order valence-corrected chi connectivity index (χ2v) is 7.15. The van der Waals surface area contributed by atoms with Crippen molar-refractivity contribution >= 4 is 21.5 Å². The molecule has 1 aromatic heterocycles. The number of nitrogens with zero attached hydrogens (tertiary/aromatic N) is 2. The Kier molecular flexibility index (Phi) is 5.47. The molecule has 0 aliphatic carbocycles. The summed E-state index contributed by atoms with van der Waals surface area (Å²) in [6, 6.07) is 9.20. The van der Waals surface area contributed by atoms with E-state index < -0.39 is 14.9 Å². The van der Waals surface area contributed by atoms with Crippen LogP contribution in [0.3, 0.4) is 0 Å². The van der Waals surface area contributed by atoms with Crippen LogP contribution in [0.25, 0.3) is 0 Å². The Bertz CT molecular complexity index is 820. The highest BCUT2D eigenvalue weighted by atomic mass is 32.2. The van der Waals surface area contributed by atoms with Gasteiger partial charge in [-0.1, -0.05) is 12.1 Å². The van der Waals surface area contributed by atoms with Gasteiger partial charge in [0.05, 0.1) is 9.82 Å². The average molecular weight is 350 g/mol. The van der Waals surface area contributed by atoms with Gasteiger partial charge in [0.2, 0.25) is 10.0 Å². The van der Waals surface area contributed by atoms with Gasteiger partial charge in [-0.25, -0.2) is 18.1 Å². The monoisotopic (exact) mass is 350 g/mol. The molecule has 0 aliphatic rings. The number of aromatic nitrogens is 1. The molecule has 0 aliphatic heterocycles. The van der Waals surface area contributed by atoms with Crippen molar-refractivity contribution < 1.29 is 13.3 Å². The van der Waals surface area contributed by atoms with Crippen LogP contribution in [0, 0.1) is 10.1 Å². The van der Waals surface area contributed by atoms with Gasteiger partial charge >= 0.3 is 0 Å². The minimum atomic E-state index is -3.55. The van der Waals surface area contributed by atoms with E-state index in [1.54, 1.807) is 32.0 Å². The van der Waals surface area contributed by atoms with Gasteiger partial charge in [-0.05, 0) is 37.6 Å². The fraction of sp³-hybridized carbons (Fsp3) is 0.267. The molecule has 128 valence electrons. The van der Waals surface area contributed by atoms with E-state index in [-0.39, 0.29) is 16.6 Å². The Hall–Kier alpha value is -2.52. The summed E-state index contributed by atoms with van der Waals surface area (Å²) in [6.45, 7) is 3.85. The largest absolute Gasteiger partial charge is 0.366 e. The number of hydrogen-bond acceptors (Lipinski definition) is 6. The minimum Gasteiger partial charge on any atom is -0.366 e. The molecule has 2 rings (SSSR count). The standard InChI is InChI=1S/C15H18N4O4S/c1-11(2)18-24(22,23)14-5-3-4-12(8-14)9-16-15-7-6-13(10-17-15)19(20)21/h3-8,10-11,18H,9H2,1-2H3,(H,16,17). The average Bonchev–Trinajstić information content (AvgIpc) is 2.52. The van der Waals surface area contributed by atoms with Crippen molar-refractivity contribution in [3.05, 3.63) is 58.3 Å². The molecule has 1 aromatic carbocycles. The van der Waals surface area contributed by atoms with Crippen LogP contribution in [0.15, 0.2) is 47.5 Å². The van der Waals surface area contributed by atoms with E-state index in [1.807, 2.05) is 0 Å². The zero-order chi connectivity index (χ0) is 17.7. The van der Waals surface area contributed by atoms with Crippen molar-refractivity contribution in [2.24, 2.45) is 0 Å². The van der Waals surface area contributed by atoms with Crippen molar-refractivity contribution in [2.75, 3.05) is 5.32 Å². The zero-order valence-electron chi connectivity index (χ0n) is 13.3. The van der Waals surface area contributed by atoms with Crippen LogP contribution in [0.2, 0.25) is 0 Å². The quantitative estimate of drug-likeness (QED) is 0.585. The van der Waals surface area contributed by atoms with Crippen molar-refractivity contribution in [3.63, 3.8) is 0 Å². The third kappa shape index (κ3) is 4.74. The molecule has 24 heavy (non-hydrogen) atoms. The Morgan fingerprint density at radius 1 is 1.25 bits per heavy atom. The second-order valence-electron chi connectivity index (χ2n) is 5.44. The number of nitrogens with one attached hydrogen (secondary N) is 2. The molecule has 0 atom stereocenters. The molecule has 9 heteroatoms. The van der Waals surface area contributed by atoms with Gasteiger partial charge in [-0.2, -0.15) is 0 Å². The summed E-state index contributed by atoms with van der Waals surface area (Å²) >= 11 is 0. The SMILES string of the molecule is CC(C)NS(=O)(=O)c1cccc(CNc2ccc([N+](=O)[O-])cn2)c1. The third-order valence-corrected chi connectivity index (χ3v) is 4.69. The maximum atomic E-state index is 12.2. The van der Waals surface area contributed by atoms with E-state index >= 15 is 0 Å². The molecule has 0 saturated heterocycles. The Balaban J connectivity index is 2.08. The zero-order valence-corrected chi connectivity index (χ0v) is 14.1. The summed E-state index contributed by atoms with van der Waals surface area (Å²) in [5.41, 5.74) is 0.662. The van der Waals surface area contributed by atoms with Gasteiger partial charge in [0.1, 0.15) is 12.0 Å². The van der Waals surface area contributed by atoms with E-state index in [0.29, 0.717) is 12.4 Å². The molecule has 0 spiro atoms. The first-order valence-electron chi connectivity index (χ1n) is 7.23. The van der Waals surface area contributed by atoms with Crippen LogP contribution in [-0.4, -0.2) is 24.4 Å². The van der Waals surface area contributed by atoms with E-state index in [0.717, 1.165) is 11.8 Å². The van der Waals surface area contributed by atoms with Crippen molar-refractivity contribution in [1.29, 1.82) is 0 Å². The lowest BCUT2D eigenvalue weighted by Crippen LogP contribution is -2.30. The van der Waals surface area contributed by atoms with Gasteiger partial charge < -0.3 is 5.32 Å². The summed E-state index contributed by atoms with van der Waals surface area (Å²) < 4.78 is 26.9. The van der Waals surface area contributed by atoms with Crippen molar-refractivity contribution in [1.82, 2.24) is 9.71 Å². The first kappa shape index (κ1) is 17.8. The molecule has 1 heterocycles. The molecule has 0 radical (unpaired) electrons. The van der Waals surface area contributed by atoms with Crippen LogP contribution >= 0.6 is 0 Å². The van der Waals surface area contributed by atoms with Gasteiger partial charge in [0, 0.05) is 18.7 Å². The fourth-order valence-electron chi connectivity index (χ4n) is 1.99. The summed E-state index contributed by atoms with van der Waals surface area (Å²) in [7, 11) is -3.55. The highest BCUT2D eigenvalue weighted by Crippen LogP contribution is 2.15. The number of sulfonamides is 1. The Morgan fingerprint density at radius 2 is 2.00 bits per heavy atom.